The maximum atomic E-state index is 5.06. The first kappa shape index (κ1) is 42.2. The zero-order valence-electron chi connectivity index (χ0n) is 39.0. The average molecular weight is 871 g/mol. The number of nitrogens with zero attached hydrogens (tertiary/aromatic N) is 5. The lowest BCUT2D eigenvalue weighted by atomic mass is 9.54. The molecule has 0 bridgehead atoms. The minimum atomic E-state index is -0.408. The van der Waals surface area contributed by atoms with Crippen LogP contribution < -0.4 is 9.47 Å². The van der Waals surface area contributed by atoms with Gasteiger partial charge in [0.15, 0.2) is 29.2 Å². The molecular formula is C62H56N5+. The molecule has 1 atom stereocenters. The van der Waals surface area contributed by atoms with Gasteiger partial charge in [-0.15, -0.1) is 5.73 Å². The summed E-state index contributed by atoms with van der Waals surface area (Å²) in [6.07, 6.45) is 16.3. The number of aromatic nitrogens is 4. The van der Waals surface area contributed by atoms with Gasteiger partial charge in [0.25, 0.3) is 0 Å². The number of hydrogen-bond donors (Lipinski definition) is 0. The highest BCUT2D eigenvalue weighted by Crippen LogP contribution is 2.64. The summed E-state index contributed by atoms with van der Waals surface area (Å²) in [6.45, 7) is 9.35. The van der Waals surface area contributed by atoms with Gasteiger partial charge < -0.3 is 4.90 Å². The number of unbranched alkanes of at least 4 members (excludes halogenated alkanes) is 1. The van der Waals surface area contributed by atoms with Crippen LogP contribution in [0.1, 0.15) is 92.7 Å². The molecule has 6 aromatic carbocycles. The van der Waals surface area contributed by atoms with Gasteiger partial charge >= 0.3 is 0 Å². The lowest BCUT2D eigenvalue weighted by Crippen LogP contribution is -2.70. The van der Waals surface area contributed by atoms with Gasteiger partial charge in [-0.25, -0.2) is 15.0 Å². The number of hydrogen-bond acceptors (Lipinski definition) is 4. The van der Waals surface area contributed by atoms with E-state index in [9.17, 15) is 0 Å². The second-order valence-electron chi connectivity index (χ2n) is 18.4. The van der Waals surface area contributed by atoms with E-state index in [-0.39, 0.29) is 5.54 Å². The molecule has 1 spiro atoms. The topological polar surface area (TPSA) is 45.8 Å². The smallest absolute Gasteiger partial charge is 0.213 e. The standard InChI is InChI=1S/C62H56N5/c1-5-8-21-44-32-36-57-51-29-17-18-30-54(51)62(61(6-2,7-3)67(57)41-44)55-34-31-43(4)38-52(55)53-40-50(33-35-56(53)62)66-37-19-11-16-26-49(42-66)47-27-20-28-48(39-47)60-64-58(45-22-12-9-13-23-45)63-59(65-60)46-24-14-10-15-25-46/h9-15,17-18,20,22-25,27-42H,5-8,16,21,26H2,1-4H3/q+1. The van der Waals surface area contributed by atoms with Crippen LogP contribution in [-0.2, 0) is 17.4 Å². The highest BCUT2D eigenvalue weighted by Gasteiger charge is 2.66. The van der Waals surface area contributed by atoms with Gasteiger partial charge in [0, 0.05) is 53.0 Å². The van der Waals surface area contributed by atoms with E-state index in [4.69, 9.17) is 15.0 Å². The summed E-state index contributed by atoms with van der Waals surface area (Å²) in [6, 6.07) is 57.5. The Labute approximate surface area is 395 Å². The summed E-state index contributed by atoms with van der Waals surface area (Å²) in [5, 5.41) is 0. The van der Waals surface area contributed by atoms with Crippen molar-refractivity contribution in [3.63, 3.8) is 0 Å². The van der Waals surface area contributed by atoms with Crippen LogP contribution in [0.3, 0.4) is 0 Å². The molecule has 0 amide bonds. The van der Waals surface area contributed by atoms with Gasteiger partial charge in [-0.2, -0.15) is 4.57 Å². The molecule has 2 aromatic heterocycles. The van der Waals surface area contributed by atoms with Crippen LogP contribution in [0.15, 0.2) is 188 Å². The van der Waals surface area contributed by atoms with Crippen LogP contribution in [0.25, 0.3) is 62.1 Å². The van der Waals surface area contributed by atoms with Crippen molar-refractivity contribution in [1.82, 2.24) is 15.0 Å². The Hall–Kier alpha value is -7.46. The highest BCUT2D eigenvalue weighted by molar-refractivity contribution is 5.89. The molecule has 67 heavy (non-hydrogen) atoms. The number of allylic oxidation sites excluding steroid dienone is 2. The molecule has 1 aliphatic carbocycles. The summed E-state index contributed by atoms with van der Waals surface area (Å²) in [5.41, 5.74) is 21.3. The summed E-state index contributed by atoms with van der Waals surface area (Å²) < 4.78 is 2.71. The summed E-state index contributed by atoms with van der Waals surface area (Å²) in [4.78, 5) is 17.3. The first-order valence-corrected chi connectivity index (χ1v) is 24.2. The van der Waals surface area contributed by atoms with Crippen molar-refractivity contribution in [3.8, 4) is 56.5 Å². The minimum absolute atomic E-state index is 0.251. The van der Waals surface area contributed by atoms with Crippen molar-refractivity contribution in [2.75, 3.05) is 4.90 Å². The molecule has 1 unspecified atom stereocenters. The number of fused-ring (bicyclic) bond motifs is 9. The normalized spacial score (nSPS) is 16.4. The summed E-state index contributed by atoms with van der Waals surface area (Å²) in [5.74, 6) is 1.96. The number of aryl methyl sites for hydroxylation is 2. The average Bonchev–Trinajstić information content (AvgIpc) is 3.65. The van der Waals surface area contributed by atoms with Crippen LogP contribution in [0, 0.1) is 6.92 Å². The molecule has 5 heteroatoms. The molecule has 0 saturated carbocycles. The number of rotatable bonds is 10. The van der Waals surface area contributed by atoms with E-state index >= 15 is 0 Å². The first-order valence-electron chi connectivity index (χ1n) is 24.2. The third-order valence-electron chi connectivity index (χ3n) is 14.7. The predicted molar refractivity (Wildman–Crippen MR) is 274 cm³/mol. The Morgan fingerprint density at radius 2 is 1.22 bits per heavy atom. The van der Waals surface area contributed by atoms with Crippen molar-refractivity contribution < 1.29 is 4.57 Å². The van der Waals surface area contributed by atoms with Gasteiger partial charge in [0.2, 0.25) is 5.69 Å². The van der Waals surface area contributed by atoms with Crippen LogP contribution in [0.4, 0.5) is 5.69 Å². The summed E-state index contributed by atoms with van der Waals surface area (Å²) in [7, 11) is 0. The molecule has 0 fully saturated rings. The number of benzene rings is 6. The zero-order chi connectivity index (χ0) is 45.5. The van der Waals surface area contributed by atoms with E-state index in [0.717, 1.165) is 60.0 Å². The molecule has 0 saturated heterocycles. The molecule has 328 valence electrons. The maximum Gasteiger partial charge on any atom is 0.213 e. The number of pyridine rings is 1. The van der Waals surface area contributed by atoms with Crippen LogP contribution in [-0.4, -0.2) is 15.0 Å². The molecular weight excluding hydrogens is 815 g/mol. The Balaban J connectivity index is 1.04. The van der Waals surface area contributed by atoms with Crippen LogP contribution >= 0.6 is 0 Å². The Morgan fingerprint density at radius 1 is 0.597 bits per heavy atom. The van der Waals surface area contributed by atoms with E-state index in [1.54, 1.807) is 0 Å². The summed E-state index contributed by atoms with van der Waals surface area (Å²) >= 11 is 0. The maximum absolute atomic E-state index is 5.06. The van der Waals surface area contributed by atoms with Gasteiger partial charge in [-0.1, -0.05) is 154 Å². The van der Waals surface area contributed by atoms with Gasteiger partial charge in [0.05, 0.1) is 11.8 Å². The largest absolute Gasteiger partial charge is 0.316 e. The van der Waals surface area contributed by atoms with E-state index in [2.05, 4.69) is 189 Å². The van der Waals surface area contributed by atoms with Crippen molar-refractivity contribution in [1.29, 1.82) is 0 Å². The molecule has 2 aliphatic heterocycles. The van der Waals surface area contributed by atoms with E-state index in [1.165, 1.54) is 68.6 Å². The fraction of sp³-hybridized carbons (Fsp3) is 0.210. The third kappa shape index (κ3) is 7.00. The third-order valence-corrected chi connectivity index (χ3v) is 14.7. The Kier molecular flexibility index (Phi) is 11.0. The zero-order valence-corrected chi connectivity index (χ0v) is 39.0. The van der Waals surface area contributed by atoms with E-state index < -0.39 is 5.41 Å². The van der Waals surface area contributed by atoms with Crippen molar-refractivity contribution >= 4 is 11.3 Å². The molecule has 0 radical (unpaired) electrons. The monoisotopic (exact) mass is 870 g/mol. The lowest BCUT2D eigenvalue weighted by molar-refractivity contribution is -0.766. The van der Waals surface area contributed by atoms with Crippen molar-refractivity contribution in [2.45, 2.75) is 83.6 Å². The molecule has 11 rings (SSSR count). The molecule has 5 nitrogen and oxygen atoms in total. The predicted octanol–water partition coefficient (Wildman–Crippen LogP) is 14.6. The lowest BCUT2D eigenvalue weighted by Gasteiger charge is -2.49. The highest BCUT2D eigenvalue weighted by atomic mass is 15.1. The Bertz CT molecular complexity index is 3210. The second kappa shape index (κ2) is 17.4. The molecule has 3 aliphatic rings. The van der Waals surface area contributed by atoms with Gasteiger partial charge in [-0.3, -0.25) is 0 Å². The van der Waals surface area contributed by atoms with E-state index in [0.29, 0.717) is 17.5 Å². The van der Waals surface area contributed by atoms with Gasteiger partial charge in [0.1, 0.15) is 5.41 Å². The molecule has 0 N–H and O–H groups in total. The van der Waals surface area contributed by atoms with Crippen molar-refractivity contribution in [2.24, 2.45) is 0 Å². The van der Waals surface area contributed by atoms with Crippen molar-refractivity contribution in [3.05, 3.63) is 222 Å². The van der Waals surface area contributed by atoms with E-state index in [1.807, 2.05) is 36.4 Å². The first-order chi connectivity index (χ1) is 32.9. The number of anilines is 1. The SMILES string of the molecule is CCCCc1ccc2[n+](c1)C(CC)(CC)C1(c3ccc(C)cc3-c3cc(N4C=C=CCCC(c5cccc(-c6nc(-c7ccccc7)nc(-c7ccccc7)n6)c5)=C4)ccc31)c1ccccc1-2. The molecule has 4 heterocycles. The molecule has 8 aromatic rings. The Morgan fingerprint density at radius 3 is 1.94 bits per heavy atom. The van der Waals surface area contributed by atoms with Crippen LogP contribution in [0.5, 0.6) is 0 Å². The van der Waals surface area contributed by atoms with Crippen LogP contribution in [0.2, 0.25) is 0 Å². The minimum Gasteiger partial charge on any atom is -0.316 e. The fourth-order valence-corrected chi connectivity index (χ4v) is 11.5. The second-order valence-corrected chi connectivity index (χ2v) is 18.4. The quantitative estimate of drug-likeness (QED) is 0.101. The van der Waals surface area contributed by atoms with Gasteiger partial charge in [-0.05, 0) is 108 Å². The fourth-order valence-electron chi connectivity index (χ4n) is 11.5.